The molecule has 0 aliphatic rings. The molecule has 4 heteroatoms. The maximum Gasteiger partial charge on any atom is 0.341 e. The van der Waals surface area contributed by atoms with Crippen LogP contribution in [0.2, 0.25) is 0 Å². The predicted octanol–water partition coefficient (Wildman–Crippen LogP) is 3.70. The summed E-state index contributed by atoms with van der Waals surface area (Å²) >= 11 is 0. The second-order valence-corrected chi connectivity index (χ2v) is 4.47. The van der Waals surface area contributed by atoms with Crippen molar-refractivity contribution in [2.24, 2.45) is 0 Å². The van der Waals surface area contributed by atoms with Gasteiger partial charge in [0.15, 0.2) is 0 Å². The summed E-state index contributed by atoms with van der Waals surface area (Å²) in [6.07, 6.45) is 2.80. The molecule has 1 aromatic heterocycles. The van der Waals surface area contributed by atoms with Crippen LogP contribution in [0.1, 0.15) is 35.7 Å². The first-order chi connectivity index (χ1) is 9.09. The SMILES string of the molecule is CC(C)c1ccccc1Oc1ccncc1C(=O)O. The van der Waals surface area contributed by atoms with E-state index in [1.165, 1.54) is 12.4 Å². The number of nitrogens with zero attached hydrogens (tertiary/aromatic N) is 1. The summed E-state index contributed by atoms with van der Waals surface area (Å²) in [5.74, 6) is 0.221. The zero-order valence-electron chi connectivity index (χ0n) is 10.8. The number of hydrogen-bond acceptors (Lipinski definition) is 3. The van der Waals surface area contributed by atoms with Gasteiger partial charge in [-0.05, 0) is 17.5 Å². The highest BCUT2D eigenvalue weighted by Gasteiger charge is 2.14. The van der Waals surface area contributed by atoms with Gasteiger partial charge in [0, 0.05) is 18.5 Å². The van der Waals surface area contributed by atoms with Crippen LogP contribution in [0.15, 0.2) is 42.7 Å². The fraction of sp³-hybridized carbons (Fsp3) is 0.200. The number of carboxylic acid groups (broad SMARTS) is 1. The summed E-state index contributed by atoms with van der Waals surface area (Å²) in [4.78, 5) is 14.9. The molecule has 0 amide bonds. The first-order valence-electron chi connectivity index (χ1n) is 6.03. The molecule has 0 atom stereocenters. The number of rotatable bonds is 4. The van der Waals surface area contributed by atoms with Crippen molar-refractivity contribution in [1.29, 1.82) is 0 Å². The zero-order valence-corrected chi connectivity index (χ0v) is 10.8. The van der Waals surface area contributed by atoms with Crippen LogP contribution in [0, 0.1) is 0 Å². The molecule has 0 aliphatic heterocycles. The lowest BCUT2D eigenvalue weighted by Crippen LogP contribution is -2.02. The summed E-state index contributed by atoms with van der Waals surface area (Å²) in [6.45, 7) is 4.12. The van der Waals surface area contributed by atoms with Gasteiger partial charge in [0.2, 0.25) is 0 Å². The molecule has 98 valence electrons. The number of ether oxygens (including phenoxy) is 1. The Bertz CT molecular complexity index is 593. The molecular weight excluding hydrogens is 242 g/mol. The maximum atomic E-state index is 11.1. The molecular formula is C15H15NO3. The van der Waals surface area contributed by atoms with E-state index >= 15 is 0 Å². The molecule has 1 N–H and O–H groups in total. The van der Waals surface area contributed by atoms with Crippen LogP contribution in [0.4, 0.5) is 0 Å². The highest BCUT2D eigenvalue weighted by molar-refractivity contribution is 5.90. The largest absolute Gasteiger partial charge is 0.477 e. The quantitative estimate of drug-likeness (QED) is 0.907. The van der Waals surface area contributed by atoms with Crippen molar-refractivity contribution >= 4 is 5.97 Å². The van der Waals surface area contributed by atoms with Crippen molar-refractivity contribution in [2.75, 3.05) is 0 Å². The van der Waals surface area contributed by atoms with Crippen molar-refractivity contribution in [3.8, 4) is 11.5 Å². The van der Waals surface area contributed by atoms with Crippen LogP contribution in [-0.4, -0.2) is 16.1 Å². The van der Waals surface area contributed by atoms with Gasteiger partial charge in [-0.15, -0.1) is 0 Å². The predicted molar refractivity (Wildman–Crippen MR) is 71.8 cm³/mol. The van der Waals surface area contributed by atoms with Crippen molar-refractivity contribution in [3.63, 3.8) is 0 Å². The minimum atomic E-state index is -1.05. The number of aromatic carboxylic acids is 1. The van der Waals surface area contributed by atoms with Gasteiger partial charge in [-0.2, -0.15) is 0 Å². The Morgan fingerprint density at radius 1 is 1.21 bits per heavy atom. The molecule has 0 saturated heterocycles. The first kappa shape index (κ1) is 13.1. The Morgan fingerprint density at radius 2 is 1.95 bits per heavy atom. The second-order valence-electron chi connectivity index (χ2n) is 4.47. The molecule has 0 unspecified atom stereocenters. The van der Waals surface area contributed by atoms with Crippen LogP contribution < -0.4 is 4.74 Å². The van der Waals surface area contributed by atoms with Gasteiger partial charge >= 0.3 is 5.97 Å². The minimum Gasteiger partial charge on any atom is -0.477 e. The Kier molecular flexibility index (Phi) is 3.80. The zero-order chi connectivity index (χ0) is 13.8. The highest BCUT2D eigenvalue weighted by Crippen LogP contribution is 2.31. The number of para-hydroxylation sites is 1. The van der Waals surface area contributed by atoms with Gasteiger partial charge in [-0.3, -0.25) is 4.98 Å². The average molecular weight is 257 g/mol. The van der Waals surface area contributed by atoms with Gasteiger partial charge in [-0.1, -0.05) is 32.0 Å². The third kappa shape index (κ3) is 2.91. The van der Waals surface area contributed by atoms with Crippen LogP contribution in [0.25, 0.3) is 0 Å². The normalized spacial score (nSPS) is 10.5. The topological polar surface area (TPSA) is 59.4 Å². The molecule has 2 rings (SSSR count). The monoisotopic (exact) mass is 257 g/mol. The highest BCUT2D eigenvalue weighted by atomic mass is 16.5. The smallest absolute Gasteiger partial charge is 0.341 e. The van der Waals surface area contributed by atoms with Crippen molar-refractivity contribution < 1.29 is 14.6 Å². The van der Waals surface area contributed by atoms with Crippen LogP contribution in [0.3, 0.4) is 0 Å². The summed E-state index contributed by atoms with van der Waals surface area (Å²) in [5, 5.41) is 9.10. The fourth-order valence-electron chi connectivity index (χ4n) is 1.80. The van der Waals surface area contributed by atoms with E-state index in [4.69, 9.17) is 9.84 Å². The summed E-state index contributed by atoms with van der Waals surface area (Å²) in [7, 11) is 0. The molecule has 19 heavy (non-hydrogen) atoms. The molecule has 2 aromatic rings. The Balaban J connectivity index is 2.39. The van der Waals surface area contributed by atoms with E-state index in [0.717, 1.165) is 5.56 Å². The maximum absolute atomic E-state index is 11.1. The van der Waals surface area contributed by atoms with E-state index in [-0.39, 0.29) is 5.56 Å². The van der Waals surface area contributed by atoms with Gasteiger partial charge < -0.3 is 9.84 Å². The van der Waals surface area contributed by atoms with E-state index in [9.17, 15) is 4.79 Å². The lowest BCUT2D eigenvalue weighted by molar-refractivity contribution is 0.0693. The van der Waals surface area contributed by atoms with Crippen molar-refractivity contribution in [2.45, 2.75) is 19.8 Å². The summed E-state index contributed by atoms with van der Waals surface area (Å²) < 4.78 is 5.74. The molecule has 0 radical (unpaired) electrons. The molecule has 0 saturated carbocycles. The lowest BCUT2D eigenvalue weighted by Gasteiger charge is -2.14. The molecule has 1 heterocycles. The number of carboxylic acids is 1. The third-order valence-electron chi connectivity index (χ3n) is 2.77. The van der Waals surface area contributed by atoms with Gasteiger partial charge in [-0.25, -0.2) is 4.79 Å². The third-order valence-corrected chi connectivity index (χ3v) is 2.77. The number of pyridine rings is 1. The molecule has 0 aliphatic carbocycles. The molecule has 0 spiro atoms. The van der Waals surface area contributed by atoms with Gasteiger partial charge in [0.25, 0.3) is 0 Å². The molecule has 4 nitrogen and oxygen atoms in total. The van der Waals surface area contributed by atoms with E-state index < -0.39 is 5.97 Å². The van der Waals surface area contributed by atoms with Crippen LogP contribution >= 0.6 is 0 Å². The lowest BCUT2D eigenvalue weighted by atomic mass is 10.0. The number of carbonyl (C=O) groups is 1. The summed E-state index contributed by atoms with van der Waals surface area (Å²) in [5.41, 5.74) is 1.09. The van der Waals surface area contributed by atoms with Crippen LogP contribution in [0.5, 0.6) is 11.5 Å². The number of aromatic nitrogens is 1. The van der Waals surface area contributed by atoms with Crippen molar-refractivity contribution in [1.82, 2.24) is 4.98 Å². The molecule has 0 bridgehead atoms. The van der Waals surface area contributed by atoms with Gasteiger partial charge in [0.1, 0.15) is 17.1 Å². The second kappa shape index (κ2) is 5.52. The Hall–Kier alpha value is -2.36. The minimum absolute atomic E-state index is 0.0565. The van der Waals surface area contributed by atoms with E-state index in [0.29, 0.717) is 17.4 Å². The fourth-order valence-corrected chi connectivity index (χ4v) is 1.80. The van der Waals surface area contributed by atoms with Crippen LogP contribution in [-0.2, 0) is 0 Å². The van der Waals surface area contributed by atoms with E-state index in [1.807, 2.05) is 24.3 Å². The number of benzene rings is 1. The Labute approximate surface area is 111 Å². The molecule has 0 fully saturated rings. The Morgan fingerprint density at radius 3 is 2.63 bits per heavy atom. The van der Waals surface area contributed by atoms with Crippen molar-refractivity contribution in [3.05, 3.63) is 53.9 Å². The van der Waals surface area contributed by atoms with E-state index in [2.05, 4.69) is 18.8 Å². The average Bonchev–Trinajstić information content (AvgIpc) is 2.39. The van der Waals surface area contributed by atoms with E-state index in [1.54, 1.807) is 6.07 Å². The standard InChI is InChI=1S/C15H15NO3/c1-10(2)11-5-3-4-6-13(11)19-14-7-8-16-9-12(14)15(17)18/h3-10H,1-2H3,(H,17,18). The molecule has 1 aromatic carbocycles. The number of hydrogen-bond donors (Lipinski definition) is 1. The summed E-state index contributed by atoms with van der Waals surface area (Å²) in [6, 6.07) is 9.17. The van der Waals surface area contributed by atoms with Gasteiger partial charge in [0.05, 0.1) is 0 Å². The first-order valence-corrected chi connectivity index (χ1v) is 6.03.